The molecule has 2 aromatic rings. The van der Waals surface area contributed by atoms with Gasteiger partial charge in [-0.2, -0.15) is 5.10 Å². The number of nitrogens with zero attached hydrogens (tertiary/aromatic N) is 3. The Balaban J connectivity index is 2.05. The van der Waals surface area contributed by atoms with E-state index in [0.29, 0.717) is 0 Å². The van der Waals surface area contributed by atoms with Gasteiger partial charge in [-0.1, -0.05) is 23.9 Å². The first-order valence-corrected chi connectivity index (χ1v) is 7.01. The average molecular weight is 278 g/mol. The van der Waals surface area contributed by atoms with Gasteiger partial charge in [-0.3, -0.25) is 0 Å². The summed E-state index contributed by atoms with van der Waals surface area (Å²) in [5.74, 6) is 1.76. The van der Waals surface area contributed by atoms with Crippen molar-refractivity contribution in [1.82, 2.24) is 20.1 Å². The lowest BCUT2D eigenvalue weighted by molar-refractivity contribution is 0.413. The number of aryl methyl sites for hydroxylation is 1. The van der Waals surface area contributed by atoms with Crippen LogP contribution in [-0.2, 0) is 7.05 Å². The number of ether oxygens (including phenoxy) is 1. The van der Waals surface area contributed by atoms with E-state index in [1.165, 1.54) is 5.56 Å². The minimum atomic E-state index is 0.247. The standard InChI is InChI=1S/C13H18N4OS/c1-14-12(8-19-13-15-9-16-17(13)2)10-5-4-6-11(7-10)18-3/h4-7,9,12,14H,8H2,1-3H3. The van der Waals surface area contributed by atoms with Crippen LogP contribution in [-0.4, -0.2) is 34.7 Å². The summed E-state index contributed by atoms with van der Waals surface area (Å²) in [7, 11) is 5.54. The molecule has 1 atom stereocenters. The molecule has 1 unspecified atom stereocenters. The molecule has 0 amide bonds. The first kappa shape index (κ1) is 13.9. The highest BCUT2D eigenvalue weighted by Gasteiger charge is 2.12. The second-order valence-corrected chi connectivity index (χ2v) is 5.08. The number of nitrogens with one attached hydrogen (secondary N) is 1. The van der Waals surface area contributed by atoms with Crippen molar-refractivity contribution in [2.45, 2.75) is 11.2 Å². The summed E-state index contributed by atoms with van der Waals surface area (Å²) in [6.07, 6.45) is 1.57. The molecule has 6 heteroatoms. The van der Waals surface area contributed by atoms with E-state index >= 15 is 0 Å². The zero-order valence-electron chi connectivity index (χ0n) is 11.3. The van der Waals surface area contributed by atoms with Gasteiger partial charge in [0.1, 0.15) is 12.1 Å². The van der Waals surface area contributed by atoms with Gasteiger partial charge in [0.25, 0.3) is 0 Å². The fraction of sp³-hybridized carbons (Fsp3) is 0.385. The van der Waals surface area contributed by atoms with Crippen molar-refractivity contribution < 1.29 is 4.74 Å². The zero-order valence-corrected chi connectivity index (χ0v) is 12.1. The first-order chi connectivity index (χ1) is 9.24. The van der Waals surface area contributed by atoms with Crippen LogP contribution in [0.2, 0.25) is 0 Å². The smallest absolute Gasteiger partial charge is 0.185 e. The molecule has 0 aliphatic heterocycles. The van der Waals surface area contributed by atoms with Gasteiger partial charge >= 0.3 is 0 Å². The van der Waals surface area contributed by atoms with Crippen molar-refractivity contribution in [2.75, 3.05) is 19.9 Å². The summed E-state index contributed by atoms with van der Waals surface area (Å²) < 4.78 is 7.04. The lowest BCUT2D eigenvalue weighted by atomic mass is 10.1. The van der Waals surface area contributed by atoms with Crippen molar-refractivity contribution in [2.24, 2.45) is 7.05 Å². The maximum atomic E-state index is 5.26. The molecule has 0 spiro atoms. The third-order valence-corrected chi connectivity index (χ3v) is 4.02. The molecule has 1 aromatic heterocycles. The molecule has 19 heavy (non-hydrogen) atoms. The predicted molar refractivity (Wildman–Crippen MR) is 76.5 cm³/mol. The summed E-state index contributed by atoms with van der Waals surface area (Å²) in [6, 6.07) is 8.36. The Kier molecular flexibility index (Phi) is 4.81. The summed E-state index contributed by atoms with van der Waals surface area (Å²) >= 11 is 1.68. The highest BCUT2D eigenvalue weighted by Crippen LogP contribution is 2.24. The fourth-order valence-electron chi connectivity index (χ4n) is 1.78. The van der Waals surface area contributed by atoms with E-state index in [4.69, 9.17) is 4.74 Å². The minimum absolute atomic E-state index is 0.247. The highest BCUT2D eigenvalue weighted by atomic mass is 32.2. The molecule has 0 saturated heterocycles. The van der Waals surface area contributed by atoms with E-state index < -0.39 is 0 Å². The Hall–Kier alpha value is -1.53. The average Bonchev–Trinajstić information content (AvgIpc) is 2.85. The molecule has 2 rings (SSSR count). The molecular formula is C13H18N4OS. The van der Waals surface area contributed by atoms with Gasteiger partial charge in [0.05, 0.1) is 7.11 Å². The maximum absolute atomic E-state index is 5.26. The largest absolute Gasteiger partial charge is 0.497 e. The lowest BCUT2D eigenvalue weighted by Gasteiger charge is -2.16. The molecule has 0 radical (unpaired) electrons. The van der Waals surface area contributed by atoms with Crippen molar-refractivity contribution in [3.05, 3.63) is 36.2 Å². The van der Waals surface area contributed by atoms with E-state index in [1.54, 1.807) is 29.9 Å². The van der Waals surface area contributed by atoms with Crippen LogP contribution < -0.4 is 10.1 Å². The number of rotatable bonds is 6. The second kappa shape index (κ2) is 6.58. The van der Waals surface area contributed by atoms with Crippen LogP contribution in [0.15, 0.2) is 35.7 Å². The summed E-state index contributed by atoms with van der Waals surface area (Å²) in [5.41, 5.74) is 1.21. The van der Waals surface area contributed by atoms with E-state index in [-0.39, 0.29) is 6.04 Å². The summed E-state index contributed by atoms with van der Waals surface area (Å²) in [6.45, 7) is 0. The molecule has 0 saturated carbocycles. The normalized spacial score (nSPS) is 12.4. The van der Waals surface area contributed by atoms with Crippen molar-refractivity contribution in [3.8, 4) is 5.75 Å². The molecule has 0 aliphatic rings. The number of hydrogen-bond donors (Lipinski definition) is 1. The van der Waals surface area contributed by atoms with Crippen molar-refractivity contribution in [3.63, 3.8) is 0 Å². The van der Waals surface area contributed by atoms with Gasteiger partial charge in [-0.15, -0.1) is 0 Å². The summed E-state index contributed by atoms with van der Waals surface area (Å²) in [5, 5.41) is 8.30. The predicted octanol–water partition coefficient (Wildman–Crippen LogP) is 1.88. The third-order valence-electron chi connectivity index (χ3n) is 2.89. The van der Waals surface area contributed by atoms with Crippen molar-refractivity contribution in [1.29, 1.82) is 0 Å². The third kappa shape index (κ3) is 3.48. The quantitative estimate of drug-likeness (QED) is 0.818. The molecule has 1 heterocycles. The molecule has 1 aromatic carbocycles. The van der Waals surface area contributed by atoms with Crippen LogP contribution >= 0.6 is 11.8 Å². The second-order valence-electron chi connectivity index (χ2n) is 4.10. The molecule has 0 fully saturated rings. The number of aromatic nitrogens is 3. The molecule has 102 valence electrons. The first-order valence-electron chi connectivity index (χ1n) is 6.02. The SMILES string of the molecule is CNC(CSc1ncnn1C)c1cccc(OC)c1. The molecule has 0 bridgehead atoms. The minimum Gasteiger partial charge on any atom is -0.497 e. The molecule has 0 aliphatic carbocycles. The maximum Gasteiger partial charge on any atom is 0.185 e. The van der Waals surface area contributed by atoms with Crippen molar-refractivity contribution >= 4 is 11.8 Å². The van der Waals surface area contributed by atoms with E-state index in [9.17, 15) is 0 Å². The molecular weight excluding hydrogens is 260 g/mol. The number of thioether (sulfide) groups is 1. The van der Waals surface area contributed by atoms with Crippen LogP contribution in [0.3, 0.4) is 0 Å². The topological polar surface area (TPSA) is 52.0 Å². The molecule has 1 N–H and O–H groups in total. The number of hydrogen-bond acceptors (Lipinski definition) is 5. The monoisotopic (exact) mass is 278 g/mol. The zero-order chi connectivity index (χ0) is 13.7. The number of methoxy groups -OCH3 is 1. The number of benzene rings is 1. The Labute approximate surface area is 117 Å². The van der Waals surface area contributed by atoms with Gasteiger partial charge in [-0.05, 0) is 24.7 Å². The highest BCUT2D eigenvalue weighted by molar-refractivity contribution is 7.99. The van der Waals surface area contributed by atoms with Gasteiger partial charge in [0.15, 0.2) is 5.16 Å². The van der Waals surface area contributed by atoms with Gasteiger partial charge in [0, 0.05) is 18.8 Å². The molecule has 5 nitrogen and oxygen atoms in total. The lowest BCUT2D eigenvalue weighted by Crippen LogP contribution is -2.19. The summed E-state index contributed by atoms with van der Waals surface area (Å²) in [4.78, 5) is 4.21. The van der Waals surface area contributed by atoms with Crippen LogP contribution in [0, 0.1) is 0 Å². The van der Waals surface area contributed by atoms with E-state index in [0.717, 1.165) is 16.7 Å². The van der Waals surface area contributed by atoms with E-state index in [2.05, 4.69) is 27.5 Å². The van der Waals surface area contributed by atoms with Crippen LogP contribution in [0.25, 0.3) is 0 Å². The Bertz CT molecular complexity index is 529. The van der Waals surface area contributed by atoms with Crippen LogP contribution in [0.5, 0.6) is 5.75 Å². The van der Waals surface area contributed by atoms with Gasteiger partial charge in [-0.25, -0.2) is 9.67 Å². The van der Waals surface area contributed by atoms with Gasteiger partial charge in [0.2, 0.25) is 0 Å². The Morgan fingerprint density at radius 3 is 2.95 bits per heavy atom. The van der Waals surface area contributed by atoms with E-state index in [1.807, 2.05) is 26.2 Å². The Morgan fingerprint density at radius 1 is 1.47 bits per heavy atom. The Morgan fingerprint density at radius 2 is 2.32 bits per heavy atom. The van der Waals surface area contributed by atoms with Crippen LogP contribution in [0.4, 0.5) is 0 Å². The fourth-order valence-corrected chi connectivity index (χ4v) is 2.81. The van der Waals surface area contributed by atoms with Crippen LogP contribution in [0.1, 0.15) is 11.6 Å². The van der Waals surface area contributed by atoms with Gasteiger partial charge < -0.3 is 10.1 Å².